The van der Waals surface area contributed by atoms with Crippen molar-refractivity contribution < 1.29 is 4.79 Å². The molecule has 0 saturated carbocycles. The molecule has 3 rings (SSSR count). The van der Waals surface area contributed by atoms with Gasteiger partial charge in [0.05, 0.1) is 0 Å². The molecule has 0 radical (unpaired) electrons. The standard InChI is InChI=1S/C29H30OSe2/c1-3-4-20-31-21-19-26(29(30)25-17-15-23(2)16-18-25)22-28(24-11-7-5-8-12-24)32-27-13-9-6-10-14-27/h5-18H,3-4,19-21H2,1-2H3. The van der Waals surface area contributed by atoms with Crippen molar-refractivity contribution in [1.82, 2.24) is 0 Å². The van der Waals surface area contributed by atoms with E-state index in [0.29, 0.717) is 15.0 Å². The Morgan fingerprint density at radius 3 is 2.12 bits per heavy atom. The zero-order valence-corrected chi connectivity index (χ0v) is 22.3. The zero-order chi connectivity index (χ0) is 22.6. The fourth-order valence-corrected chi connectivity index (χ4v) is 7.33. The zero-order valence-electron chi connectivity index (χ0n) is 18.8. The monoisotopic (exact) mass is 554 g/mol. The second-order valence-electron chi connectivity index (χ2n) is 7.62. The minimum absolute atomic E-state index is 0.0781. The third-order valence-corrected chi connectivity index (χ3v) is 9.44. The molecule has 0 fully saturated rings. The van der Waals surface area contributed by atoms with Crippen molar-refractivity contribution in [2.24, 2.45) is 0 Å². The molecule has 1 nitrogen and oxygen atoms in total. The van der Waals surface area contributed by atoms with E-state index in [2.05, 4.69) is 68.1 Å². The molecular formula is C29H30OSe2. The SMILES string of the molecule is CCCC[Se]CCC(=C=C([Se]c1ccccc1)c1ccccc1)C(=O)c1ccc(C)cc1. The van der Waals surface area contributed by atoms with Crippen molar-refractivity contribution in [3.8, 4) is 0 Å². The first-order valence-electron chi connectivity index (χ1n) is 11.1. The van der Waals surface area contributed by atoms with Gasteiger partial charge in [0.25, 0.3) is 0 Å². The number of carbonyl (C=O) groups is 1. The quantitative estimate of drug-likeness (QED) is 0.0873. The van der Waals surface area contributed by atoms with Crippen molar-refractivity contribution in [1.29, 1.82) is 0 Å². The van der Waals surface area contributed by atoms with E-state index in [-0.39, 0.29) is 20.7 Å². The number of benzene rings is 3. The summed E-state index contributed by atoms with van der Waals surface area (Å²) in [6.07, 6.45) is 3.33. The van der Waals surface area contributed by atoms with E-state index in [1.54, 1.807) is 0 Å². The van der Waals surface area contributed by atoms with E-state index in [1.165, 1.54) is 28.2 Å². The van der Waals surface area contributed by atoms with Crippen LogP contribution in [0, 0.1) is 6.92 Å². The summed E-state index contributed by atoms with van der Waals surface area (Å²) in [7, 11) is 0. The van der Waals surface area contributed by atoms with E-state index < -0.39 is 0 Å². The Morgan fingerprint density at radius 2 is 1.47 bits per heavy atom. The number of Topliss-reactive ketones (excluding diaryl/α,β-unsaturated/α-hetero) is 1. The summed E-state index contributed by atoms with van der Waals surface area (Å²) < 4.78 is 2.43. The van der Waals surface area contributed by atoms with Gasteiger partial charge in [-0.05, 0) is 0 Å². The number of rotatable bonds is 11. The first kappa shape index (κ1) is 24.5. The Labute approximate surface area is 205 Å². The molecule has 0 N–H and O–H groups in total. The van der Waals surface area contributed by atoms with Crippen LogP contribution in [0.25, 0.3) is 4.47 Å². The van der Waals surface area contributed by atoms with Gasteiger partial charge in [0.15, 0.2) is 0 Å². The molecule has 0 aliphatic carbocycles. The topological polar surface area (TPSA) is 17.1 Å². The molecule has 0 aromatic heterocycles. The molecule has 0 amide bonds. The molecule has 0 unspecified atom stereocenters. The summed E-state index contributed by atoms with van der Waals surface area (Å²) in [4.78, 5) is 13.5. The van der Waals surface area contributed by atoms with Gasteiger partial charge < -0.3 is 0 Å². The number of allylic oxidation sites excluding steroid dienone is 1. The van der Waals surface area contributed by atoms with Crippen LogP contribution in [0.3, 0.4) is 0 Å². The van der Waals surface area contributed by atoms with Gasteiger partial charge in [-0.3, -0.25) is 0 Å². The summed E-state index contributed by atoms with van der Waals surface area (Å²) in [5, 5.41) is 2.38. The minimum atomic E-state index is 0.0781. The fraction of sp³-hybridized carbons (Fsp3) is 0.241. The summed E-state index contributed by atoms with van der Waals surface area (Å²) in [5.74, 6) is 0.119. The predicted molar refractivity (Wildman–Crippen MR) is 139 cm³/mol. The Balaban J connectivity index is 2.01. The van der Waals surface area contributed by atoms with Gasteiger partial charge in [0.1, 0.15) is 0 Å². The second kappa shape index (κ2) is 13.4. The first-order valence-corrected chi connectivity index (χ1v) is 15.3. The molecule has 0 aliphatic rings. The normalized spacial score (nSPS) is 10.4. The van der Waals surface area contributed by atoms with Gasteiger partial charge in [-0.25, -0.2) is 0 Å². The average Bonchev–Trinajstić information content (AvgIpc) is 2.84. The van der Waals surface area contributed by atoms with Gasteiger partial charge >= 0.3 is 206 Å². The molecule has 3 aromatic rings. The number of aryl methyl sites for hydroxylation is 1. The first-order chi connectivity index (χ1) is 15.7. The molecule has 0 saturated heterocycles. The third kappa shape index (κ3) is 7.79. The average molecular weight is 552 g/mol. The van der Waals surface area contributed by atoms with Crippen LogP contribution in [0.15, 0.2) is 96.2 Å². The van der Waals surface area contributed by atoms with Gasteiger partial charge in [-0.2, -0.15) is 0 Å². The molecule has 3 aromatic carbocycles. The van der Waals surface area contributed by atoms with Crippen LogP contribution in [0.1, 0.15) is 47.7 Å². The van der Waals surface area contributed by atoms with Crippen LogP contribution in [-0.2, 0) is 0 Å². The Morgan fingerprint density at radius 1 is 0.812 bits per heavy atom. The van der Waals surface area contributed by atoms with E-state index in [0.717, 1.165) is 32.9 Å². The number of ketones is 1. The van der Waals surface area contributed by atoms with Gasteiger partial charge in [0, 0.05) is 0 Å². The number of hydrogen-bond donors (Lipinski definition) is 0. The molecule has 32 heavy (non-hydrogen) atoms. The van der Waals surface area contributed by atoms with Gasteiger partial charge in [-0.15, -0.1) is 0 Å². The molecule has 164 valence electrons. The number of unbranched alkanes of at least 4 members (excludes halogenated alkanes) is 1. The molecule has 0 bridgehead atoms. The summed E-state index contributed by atoms with van der Waals surface area (Å²) in [6, 6.07) is 28.9. The van der Waals surface area contributed by atoms with Crippen LogP contribution >= 0.6 is 0 Å². The summed E-state index contributed by atoms with van der Waals surface area (Å²) in [5.41, 5.74) is 7.55. The Bertz CT molecular complexity index is 1050. The van der Waals surface area contributed by atoms with E-state index in [9.17, 15) is 4.79 Å². The van der Waals surface area contributed by atoms with Crippen molar-refractivity contribution in [3.63, 3.8) is 0 Å². The van der Waals surface area contributed by atoms with Crippen LogP contribution in [-0.4, -0.2) is 35.7 Å². The third-order valence-electron chi connectivity index (χ3n) is 4.99. The fourth-order valence-electron chi connectivity index (χ4n) is 3.12. The van der Waals surface area contributed by atoms with Crippen LogP contribution in [0.2, 0.25) is 10.6 Å². The van der Waals surface area contributed by atoms with Gasteiger partial charge in [0.2, 0.25) is 0 Å². The Kier molecular flexibility index (Phi) is 10.3. The maximum atomic E-state index is 13.5. The number of carbonyl (C=O) groups excluding carboxylic acids is 1. The van der Waals surface area contributed by atoms with Crippen LogP contribution in [0.4, 0.5) is 0 Å². The van der Waals surface area contributed by atoms with E-state index >= 15 is 0 Å². The van der Waals surface area contributed by atoms with Crippen LogP contribution < -0.4 is 4.46 Å². The van der Waals surface area contributed by atoms with Gasteiger partial charge in [-0.1, -0.05) is 0 Å². The van der Waals surface area contributed by atoms with Crippen LogP contribution in [0.5, 0.6) is 0 Å². The molecule has 0 atom stereocenters. The molecule has 0 aliphatic heterocycles. The van der Waals surface area contributed by atoms with Crippen molar-refractivity contribution >= 4 is 44.6 Å². The van der Waals surface area contributed by atoms with Crippen molar-refractivity contribution in [2.45, 2.75) is 43.7 Å². The Hall–Kier alpha value is -2.11. The van der Waals surface area contributed by atoms with Crippen molar-refractivity contribution in [2.75, 3.05) is 0 Å². The summed E-state index contributed by atoms with van der Waals surface area (Å²) in [6.45, 7) is 4.29. The predicted octanol–water partition coefficient (Wildman–Crippen LogP) is 6.50. The molecule has 0 heterocycles. The van der Waals surface area contributed by atoms with E-state index in [4.69, 9.17) is 0 Å². The van der Waals surface area contributed by atoms with Crippen molar-refractivity contribution in [3.05, 3.63) is 113 Å². The summed E-state index contributed by atoms with van der Waals surface area (Å²) >= 11 is 0.656. The maximum absolute atomic E-state index is 13.5. The number of hydrogen-bond acceptors (Lipinski definition) is 1. The molecule has 3 heteroatoms. The molecular weight excluding hydrogens is 522 g/mol. The molecule has 0 spiro atoms. The second-order valence-corrected chi connectivity index (χ2v) is 12.5. The van der Waals surface area contributed by atoms with E-state index in [1.807, 2.05) is 36.4 Å².